The van der Waals surface area contributed by atoms with Crippen LogP contribution in [0.1, 0.15) is 47.4 Å². The number of imidazole rings is 1. The number of hydrogen-bond acceptors (Lipinski definition) is 4. The lowest BCUT2D eigenvalue weighted by Gasteiger charge is -2.32. The SMILES string of the molecule is CC1(C)c2cc(OCCCO)ccc2C(=O)c2c1[nH]c1cc(-c3cnc[nH]3)ccc21. The first kappa shape index (κ1) is 18.6. The van der Waals surface area contributed by atoms with E-state index in [0.717, 1.165) is 39.0 Å². The normalized spacial score (nSPS) is 14.6. The third-order valence-corrected chi connectivity index (χ3v) is 5.94. The van der Waals surface area contributed by atoms with Crippen LogP contribution >= 0.6 is 0 Å². The highest BCUT2D eigenvalue weighted by Crippen LogP contribution is 2.45. The van der Waals surface area contributed by atoms with Gasteiger partial charge in [0, 0.05) is 46.2 Å². The lowest BCUT2D eigenvalue weighted by molar-refractivity contribution is 0.103. The molecule has 30 heavy (non-hydrogen) atoms. The molecule has 0 saturated heterocycles. The fourth-order valence-corrected chi connectivity index (χ4v) is 4.34. The third-order valence-electron chi connectivity index (χ3n) is 5.94. The number of carbonyl (C=O) groups is 1. The van der Waals surface area contributed by atoms with E-state index in [4.69, 9.17) is 9.84 Å². The zero-order valence-corrected chi connectivity index (χ0v) is 17.0. The summed E-state index contributed by atoms with van der Waals surface area (Å²) in [6.45, 7) is 4.78. The molecule has 2 heterocycles. The van der Waals surface area contributed by atoms with Crippen LogP contribution in [0.15, 0.2) is 48.9 Å². The van der Waals surface area contributed by atoms with Gasteiger partial charge in [0.15, 0.2) is 5.78 Å². The van der Waals surface area contributed by atoms with Crippen LogP contribution in [0.25, 0.3) is 22.2 Å². The highest BCUT2D eigenvalue weighted by molar-refractivity contribution is 6.20. The van der Waals surface area contributed by atoms with E-state index < -0.39 is 0 Å². The molecule has 152 valence electrons. The maximum Gasteiger partial charge on any atom is 0.195 e. The zero-order valence-electron chi connectivity index (χ0n) is 17.0. The number of ether oxygens (including phenoxy) is 1. The Balaban J connectivity index is 1.62. The van der Waals surface area contributed by atoms with Crippen molar-refractivity contribution in [2.24, 2.45) is 0 Å². The Morgan fingerprint density at radius 3 is 2.80 bits per heavy atom. The summed E-state index contributed by atoms with van der Waals surface area (Å²) in [4.78, 5) is 24.2. The van der Waals surface area contributed by atoms with Gasteiger partial charge in [-0.05, 0) is 29.8 Å². The number of H-pyrrole nitrogens is 2. The standard InChI is InChI=1S/C24H23N3O3/c1-24(2)18-11-15(30-9-3-8-28)5-7-16(18)22(29)21-17-6-4-14(20-12-25-13-26-20)10-19(17)27-23(21)24/h4-7,10-13,27-28H,3,8-9H2,1-2H3,(H,25,26). The van der Waals surface area contributed by atoms with Crippen LogP contribution in [0.3, 0.4) is 0 Å². The summed E-state index contributed by atoms with van der Waals surface area (Å²) >= 11 is 0. The number of benzene rings is 2. The van der Waals surface area contributed by atoms with E-state index in [9.17, 15) is 4.79 Å². The highest BCUT2D eigenvalue weighted by Gasteiger charge is 2.39. The predicted molar refractivity (Wildman–Crippen MR) is 115 cm³/mol. The van der Waals surface area contributed by atoms with Crippen LogP contribution in [0.5, 0.6) is 5.75 Å². The van der Waals surface area contributed by atoms with Crippen molar-refractivity contribution in [3.63, 3.8) is 0 Å². The second-order valence-corrected chi connectivity index (χ2v) is 8.19. The third kappa shape index (κ3) is 2.75. The van der Waals surface area contributed by atoms with Gasteiger partial charge >= 0.3 is 0 Å². The van der Waals surface area contributed by atoms with Gasteiger partial charge in [-0.2, -0.15) is 0 Å². The summed E-state index contributed by atoms with van der Waals surface area (Å²) in [5.41, 5.74) is 5.81. The van der Waals surface area contributed by atoms with Gasteiger partial charge in [0.25, 0.3) is 0 Å². The van der Waals surface area contributed by atoms with Gasteiger partial charge in [-0.3, -0.25) is 4.79 Å². The molecule has 0 bridgehead atoms. The molecule has 0 radical (unpaired) electrons. The van der Waals surface area contributed by atoms with Gasteiger partial charge in [0.1, 0.15) is 5.75 Å². The van der Waals surface area contributed by atoms with Crippen LogP contribution in [0.4, 0.5) is 0 Å². The van der Waals surface area contributed by atoms with E-state index in [1.54, 1.807) is 12.5 Å². The number of rotatable bonds is 5. The van der Waals surface area contributed by atoms with E-state index >= 15 is 0 Å². The second-order valence-electron chi connectivity index (χ2n) is 8.19. The number of fused-ring (bicyclic) bond motifs is 4. The van der Waals surface area contributed by atoms with Crippen LogP contribution < -0.4 is 4.74 Å². The van der Waals surface area contributed by atoms with Crippen LogP contribution in [-0.2, 0) is 5.41 Å². The summed E-state index contributed by atoms with van der Waals surface area (Å²) < 4.78 is 5.75. The van der Waals surface area contributed by atoms with Crippen molar-refractivity contribution in [3.8, 4) is 17.0 Å². The number of carbonyl (C=O) groups excluding carboxylic acids is 1. The molecule has 0 spiro atoms. The fraction of sp³-hybridized carbons (Fsp3) is 0.250. The molecule has 4 aromatic rings. The quantitative estimate of drug-likeness (QED) is 0.437. The van der Waals surface area contributed by atoms with E-state index in [2.05, 4.69) is 34.9 Å². The Bertz CT molecular complexity index is 1250. The van der Waals surface area contributed by atoms with E-state index in [0.29, 0.717) is 24.3 Å². The van der Waals surface area contributed by atoms with Crippen LogP contribution in [0, 0.1) is 0 Å². The van der Waals surface area contributed by atoms with Crippen molar-refractivity contribution >= 4 is 16.7 Å². The van der Waals surface area contributed by atoms with E-state index in [1.807, 2.05) is 30.3 Å². The van der Waals surface area contributed by atoms with E-state index in [-0.39, 0.29) is 17.8 Å². The van der Waals surface area contributed by atoms with Crippen molar-refractivity contribution in [2.75, 3.05) is 13.2 Å². The molecule has 6 nitrogen and oxygen atoms in total. The summed E-state index contributed by atoms with van der Waals surface area (Å²) in [6.07, 6.45) is 4.01. The minimum Gasteiger partial charge on any atom is -0.493 e. The molecule has 0 atom stereocenters. The summed E-state index contributed by atoms with van der Waals surface area (Å²) in [5.74, 6) is 0.742. The number of aliphatic hydroxyl groups excluding tert-OH is 1. The van der Waals surface area contributed by atoms with Gasteiger partial charge in [-0.1, -0.05) is 26.0 Å². The number of aromatic amines is 2. The molecule has 0 amide bonds. The summed E-state index contributed by atoms with van der Waals surface area (Å²) in [7, 11) is 0. The molecule has 0 saturated carbocycles. The van der Waals surface area contributed by atoms with Crippen molar-refractivity contribution in [1.82, 2.24) is 15.0 Å². The molecule has 5 rings (SSSR count). The first-order chi connectivity index (χ1) is 14.5. The Morgan fingerprint density at radius 2 is 2.03 bits per heavy atom. The second kappa shape index (κ2) is 6.85. The van der Waals surface area contributed by atoms with Crippen LogP contribution in [0.2, 0.25) is 0 Å². The zero-order chi connectivity index (χ0) is 20.9. The Kier molecular flexibility index (Phi) is 4.25. The van der Waals surface area contributed by atoms with Crippen molar-refractivity contribution in [2.45, 2.75) is 25.7 Å². The topological polar surface area (TPSA) is 91.0 Å². The monoisotopic (exact) mass is 401 g/mol. The molecular weight excluding hydrogens is 378 g/mol. The fourth-order valence-electron chi connectivity index (χ4n) is 4.34. The van der Waals surface area contributed by atoms with Gasteiger partial charge < -0.3 is 19.8 Å². The number of nitrogens with zero attached hydrogens (tertiary/aromatic N) is 1. The molecular formula is C24H23N3O3. The number of aromatic nitrogens is 3. The molecule has 6 heteroatoms. The largest absolute Gasteiger partial charge is 0.493 e. The van der Waals surface area contributed by atoms with Crippen molar-refractivity contribution in [3.05, 3.63) is 71.3 Å². The molecule has 0 aliphatic heterocycles. The number of hydrogen-bond donors (Lipinski definition) is 3. The Hall–Kier alpha value is -3.38. The molecule has 0 unspecified atom stereocenters. The summed E-state index contributed by atoms with van der Waals surface area (Å²) in [5, 5.41) is 9.91. The molecule has 1 aliphatic carbocycles. The maximum atomic E-state index is 13.4. The first-order valence-corrected chi connectivity index (χ1v) is 10.1. The number of aliphatic hydroxyl groups is 1. The number of ketones is 1. The number of nitrogens with one attached hydrogen (secondary N) is 2. The Morgan fingerprint density at radius 1 is 1.17 bits per heavy atom. The smallest absolute Gasteiger partial charge is 0.195 e. The van der Waals surface area contributed by atoms with Gasteiger partial charge in [0.05, 0.1) is 30.4 Å². The molecule has 1 aliphatic rings. The maximum absolute atomic E-state index is 13.4. The lowest BCUT2D eigenvalue weighted by atomic mass is 9.71. The van der Waals surface area contributed by atoms with Crippen LogP contribution in [-0.4, -0.2) is 39.1 Å². The predicted octanol–water partition coefficient (Wildman–Crippen LogP) is 4.19. The highest BCUT2D eigenvalue weighted by atomic mass is 16.5. The van der Waals surface area contributed by atoms with Crippen molar-refractivity contribution in [1.29, 1.82) is 0 Å². The average molecular weight is 401 g/mol. The average Bonchev–Trinajstić information content (AvgIpc) is 3.40. The lowest BCUT2D eigenvalue weighted by Crippen LogP contribution is -2.30. The summed E-state index contributed by atoms with van der Waals surface area (Å²) in [6, 6.07) is 11.7. The van der Waals surface area contributed by atoms with Gasteiger partial charge in [-0.15, -0.1) is 0 Å². The molecule has 2 aromatic heterocycles. The first-order valence-electron chi connectivity index (χ1n) is 10.1. The van der Waals surface area contributed by atoms with E-state index in [1.165, 1.54) is 0 Å². The van der Waals surface area contributed by atoms with Gasteiger partial charge in [-0.25, -0.2) is 4.98 Å². The molecule has 2 aromatic carbocycles. The Labute approximate surface area is 173 Å². The van der Waals surface area contributed by atoms with Crippen molar-refractivity contribution < 1.29 is 14.6 Å². The molecule has 0 fully saturated rings. The minimum absolute atomic E-state index is 0.0294. The minimum atomic E-state index is -0.387. The van der Waals surface area contributed by atoms with Gasteiger partial charge in [0.2, 0.25) is 0 Å². The molecule has 3 N–H and O–H groups in total.